The molecule has 0 bridgehead atoms. The van der Waals surface area contributed by atoms with Gasteiger partial charge in [-0.1, -0.05) is 43.6 Å². The summed E-state index contributed by atoms with van der Waals surface area (Å²) in [6.07, 6.45) is 0.235. The highest BCUT2D eigenvalue weighted by Crippen LogP contribution is 2.41. The van der Waals surface area contributed by atoms with Gasteiger partial charge in [0.05, 0.1) is 47.7 Å². The summed E-state index contributed by atoms with van der Waals surface area (Å²) in [7, 11) is 0. The number of carboxylic acid groups (broad SMARTS) is 1. The number of carboxylic acids is 1. The summed E-state index contributed by atoms with van der Waals surface area (Å²) in [4.78, 5) is 20.8. The fourth-order valence-electron chi connectivity index (χ4n) is 5.80. The van der Waals surface area contributed by atoms with E-state index in [-0.39, 0.29) is 41.4 Å². The van der Waals surface area contributed by atoms with E-state index in [4.69, 9.17) is 26.3 Å². The zero-order valence-electron chi connectivity index (χ0n) is 25.3. The van der Waals surface area contributed by atoms with Crippen LogP contribution in [0.3, 0.4) is 0 Å². The first-order valence-corrected chi connectivity index (χ1v) is 14.9. The summed E-state index contributed by atoms with van der Waals surface area (Å²) in [5.74, 6) is -2.21. The molecule has 0 unspecified atom stereocenters. The first kappa shape index (κ1) is 31.1. The van der Waals surface area contributed by atoms with Crippen molar-refractivity contribution in [1.29, 1.82) is 5.26 Å². The van der Waals surface area contributed by atoms with Crippen LogP contribution in [0.5, 0.6) is 5.88 Å². The van der Waals surface area contributed by atoms with Crippen molar-refractivity contribution in [2.24, 2.45) is 5.41 Å². The maximum Gasteiger partial charge on any atom is 0.335 e. The molecule has 1 fully saturated rings. The Hall–Kier alpha value is -4.85. The second-order valence-corrected chi connectivity index (χ2v) is 12.5. The predicted octanol–water partition coefficient (Wildman–Crippen LogP) is 7.68. The molecular weight excluding hydrogens is 614 g/mol. The molecule has 234 valence electrons. The van der Waals surface area contributed by atoms with Gasteiger partial charge in [0.25, 0.3) is 5.88 Å². The van der Waals surface area contributed by atoms with E-state index in [2.05, 4.69) is 16.0 Å². The maximum absolute atomic E-state index is 15.2. The Bertz CT molecular complexity index is 2040. The minimum atomic E-state index is -1.23. The second-order valence-electron chi connectivity index (χ2n) is 12.1. The topological polar surface area (TPSA) is 110 Å². The van der Waals surface area contributed by atoms with E-state index in [1.54, 1.807) is 36.4 Å². The van der Waals surface area contributed by atoms with E-state index < -0.39 is 17.6 Å². The Kier molecular flexibility index (Phi) is 8.23. The summed E-state index contributed by atoms with van der Waals surface area (Å²) >= 11 is 6.83. The molecule has 1 atom stereocenters. The van der Waals surface area contributed by atoms with E-state index in [0.29, 0.717) is 46.4 Å². The molecule has 0 radical (unpaired) electrons. The number of pyridine rings is 1. The fourth-order valence-corrected chi connectivity index (χ4v) is 6.03. The molecule has 3 aromatic carbocycles. The largest absolute Gasteiger partial charge is 0.478 e. The van der Waals surface area contributed by atoms with E-state index in [1.807, 2.05) is 31.4 Å². The number of imidazole rings is 1. The number of fused-ring (bicyclic) bond motifs is 1. The molecule has 3 heterocycles. The van der Waals surface area contributed by atoms with Crippen LogP contribution in [0.2, 0.25) is 5.02 Å². The van der Waals surface area contributed by atoms with Crippen molar-refractivity contribution in [2.45, 2.75) is 39.8 Å². The van der Waals surface area contributed by atoms with Gasteiger partial charge >= 0.3 is 5.97 Å². The van der Waals surface area contributed by atoms with Crippen LogP contribution < -0.4 is 4.74 Å². The molecule has 2 aromatic heterocycles. The van der Waals surface area contributed by atoms with Crippen molar-refractivity contribution < 1.29 is 28.2 Å². The third-order valence-corrected chi connectivity index (χ3v) is 8.67. The Morgan fingerprint density at radius 2 is 1.89 bits per heavy atom. The lowest BCUT2D eigenvalue weighted by molar-refractivity contribution is 0.0696. The summed E-state index contributed by atoms with van der Waals surface area (Å²) in [6.45, 7) is 6.88. The third-order valence-electron chi connectivity index (χ3n) is 8.32. The molecule has 8 nitrogen and oxygen atoms in total. The van der Waals surface area contributed by atoms with Gasteiger partial charge in [-0.3, -0.25) is 0 Å². The number of benzene rings is 3. The number of hydrogen-bond donors (Lipinski definition) is 1. The Morgan fingerprint density at radius 1 is 1.13 bits per heavy atom. The van der Waals surface area contributed by atoms with Crippen LogP contribution in [0, 0.1) is 35.3 Å². The van der Waals surface area contributed by atoms with Crippen molar-refractivity contribution in [3.05, 3.63) is 111 Å². The molecule has 1 aliphatic rings. The minimum absolute atomic E-state index is 0.0656. The lowest BCUT2D eigenvalue weighted by Crippen LogP contribution is -2.27. The molecule has 0 spiro atoms. The molecule has 6 rings (SSSR count). The molecule has 0 amide bonds. The molecule has 0 saturated carbocycles. The number of aromatic carboxylic acids is 1. The number of nitrogens with zero attached hydrogens (tertiary/aromatic N) is 4. The molecule has 1 N–H and O–H groups in total. The van der Waals surface area contributed by atoms with Crippen LogP contribution >= 0.6 is 11.6 Å². The molecule has 1 saturated heterocycles. The van der Waals surface area contributed by atoms with Gasteiger partial charge in [-0.25, -0.2) is 23.5 Å². The zero-order chi connectivity index (χ0) is 32.7. The summed E-state index contributed by atoms with van der Waals surface area (Å²) in [5.41, 5.74) is 3.90. The first-order valence-electron chi connectivity index (χ1n) is 14.5. The van der Waals surface area contributed by atoms with Crippen molar-refractivity contribution in [2.75, 3.05) is 13.2 Å². The number of aryl methyl sites for hydroxylation is 1. The van der Waals surface area contributed by atoms with E-state index in [1.165, 1.54) is 12.1 Å². The lowest BCUT2D eigenvalue weighted by atomic mass is 9.87. The van der Waals surface area contributed by atoms with E-state index in [0.717, 1.165) is 22.8 Å². The second kappa shape index (κ2) is 12.2. The SMILES string of the molecule is Cc1cc(Cc2nc3c(F)cc(C(=O)O)cc3n2[C@@H]2COCC2(C)C)c(Cl)cc1-c1ccc(F)c(OCc2ccc(C#N)cc2)n1. The molecule has 5 aromatic rings. The van der Waals surface area contributed by atoms with Gasteiger partial charge in [-0.15, -0.1) is 0 Å². The normalized spacial score (nSPS) is 15.6. The lowest BCUT2D eigenvalue weighted by Gasteiger charge is -2.28. The van der Waals surface area contributed by atoms with Gasteiger partial charge in [0.15, 0.2) is 11.6 Å². The number of hydrogen-bond acceptors (Lipinski definition) is 6. The van der Waals surface area contributed by atoms with Crippen molar-refractivity contribution in [3.63, 3.8) is 0 Å². The zero-order valence-corrected chi connectivity index (χ0v) is 26.0. The van der Waals surface area contributed by atoms with Gasteiger partial charge < -0.3 is 19.1 Å². The number of rotatable bonds is 8. The maximum atomic E-state index is 15.2. The molecule has 0 aliphatic carbocycles. The number of carbonyl (C=O) groups is 1. The Morgan fingerprint density at radius 3 is 2.57 bits per heavy atom. The molecule has 11 heteroatoms. The highest BCUT2D eigenvalue weighted by molar-refractivity contribution is 6.31. The van der Waals surface area contributed by atoms with Crippen LogP contribution in [-0.2, 0) is 17.8 Å². The fraction of sp³-hybridized carbons (Fsp3) is 0.257. The van der Waals surface area contributed by atoms with Gasteiger partial charge in [0.1, 0.15) is 17.9 Å². The van der Waals surface area contributed by atoms with Gasteiger partial charge in [0.2, 0.25) is 0 Å². The molecule has 46 heavy (non-hydrogen) atoms. The Balaban J connectivity index is 1.34. The monoisotopic (exact) mass is 642 g/mol. The summed E-state index contributed by atoms with van der Waals surface area (Å²) in [5, 5.41) is 19.0. The van der Waals surface area contributed by atoms with Crippen LogP contribution in [0.4, 0.5) is 8.78 Å². The van der Waals surface area contributed by atoms with E-state index >= 15 is 4.39 Å². The number of ether oxygens (including phenoxy) is 2. The van der Waals surface area contributed by atoms with Crippen LogP contribution in [0.15, 0.2) is 60.7 Å². The van der Waals surface area contributed by atoms with Crippen LogP contribution in [-0.4, -0.2) is 38.8 Å². The highest BCUT2D eigenvalue weighted by atomic mass is 35.5. The van der Waals surface area contributed by atoms with Crippen molar-refractivity contribution >= 4 is 28.6 Å². The summed E-state index contributed by atoms with van der Waals surface area (Å²) < 4.78 is 43.2. The number of halogens is 3. The van der Waals surface area contributed by atoms with Crippen LogP contribution in [0.1, 0.15) is 58.3 Å². The van der Waals surface area contributed by atoms with Crippen LogP contribution in [0.25, 0.3) is 22.3 Å². The average Bonchev–Trinajstić information content (AvgIpc) is 3.56. The third kappa shape index (κ3) is 5.91. The average molecular weight is 643 g/mol. The Labute approximate surface area is 268 Å². The number of nitriles is 1. The number of aromatic nitrogens is 3. The minimum Gasteiger partial charge on any atom is -0.478 e. The molecule has 1 aliphatic heterocycles. The quantitative estimate of drug-likeness (QED) is 0.185. The summed E-state index contributed by atoms with van der Waals surface area (Å²) in [6, 6.07) is 17.5. The van der Waals surface area contributed by atoms with Gasteiger partial charge in [-0.2, -0.15) is 5.26 Å². The van der Waals surface area contributed by atoms with E-state index in [9.17, 15) is 14.3 Å². The van der Waals surface area contributed by atoms with Gasteiger partial charge in [-0.05, 0) is 66.1 Å². The highest BCUT2D eigenvalue weighted by Gasteiger charge is 2.39. The van der Waals surface area contributed by atoms with Gasteiger partial charge in [0, 0.05) is 22.4 Å². The van der Waals surface area contributed by atoms with Crippen molar-refractivity contribution in [3.8, 4) is 23.2 Å². The smallest absolute Gasteiger partial charge is 0.335 e. The molecular formula is C35H29ClF2N4O4. The predicted molar refractivity (Wildman–Crippen MR) is 168 cm³/mol. The van der Waals surface area contributed by atoms with Crippen molar-refractivity contribution in [1.82, 2.24) is 14.5 Å². The standard InChI is InChI=1S/C35H29ClF2N4O4/c1-19-10-22(13-31-41-32-27(38)11-23(34(43)44)12-29(32)42(31)30-17-45-18-35(30,2)3)25(36)14-24(19)28-9-8-26(37)33(40-28)46-16-21-6-4-20(15-39)5-7-21/h4-12,14,30H,13,16-18H2,1-3H3,(H,43,44)/t30-/m1/s1. The first-order chi connectivity index (χ1) is 21.9.